The highest BCUT2D eigenvalue weighted by Crippen LogP contribution is 2.27. The second-order valence-corrected chi connectivity index (χ2v) is 9.41. The van der Waals surface area contributed by atoms with E-state index in [4.69, 9.17) is 23.2 Å². The zero-order valence-electron chi connectivity index (χ0n) is 18.2. The zero-order chi connectivity index (χ0) is 23.4. The molecule has 1 heterocycles. The van der Waals surface area contributed by atoms with Crippen LogP contribution in [0.3, 0.4) is 0 Å². The van der Waals surface area contributed by atoms with Gasteiger partial charge >= 0.3 is 0 Å². The van der Waals surface area contributed by atoms with Gasteiger partial charge in [0.05, 0.1) is 16.5 Å². The number of benzene rings is 3. The molecule has 168 valence electrons. The molecule has 0 bridgehead atoms. The van der Waals surface area contributed by atoms with Crippen molar-refractivity contribution in [3.05, 3.63) is 99.3 Å². The van der Waals surface area contributed by atoms with Gasteiger partial charge in [0.25, 0.3) is 0 Å². The quantitative estimate of drug-likeness (QED) is 0.296. The molecule has 0 aliphatic rings. The van der Waals surface area contributed by atoms with Gasteiger partial charge in [0.2, 0.25) is 5.91 Å². The number of thioether (sulfide) groups is 1. The number of carbonyl (C=O) groups is 1. The van der Waals surface area contributed by atoms with Crippen molar-refractivity contribution in [3.63, 3.8) is 0 Å². The number of hydrogen-bond donors (Lipinski definition) is 1. The number of nitrogens with one attached hydrogen (secondary N) is 1. The lowest BCUT2D eigenvalue weighted by Crippen LogP contribution is -2.15. The molecule has 0 aliphatic carbocycles. The summed E-state index contributed by atoms with van der Waals surface area (Å²) in [7, 11) is 0. The number of hydrogen-bond acceptors (Lipinski definition) is 4. The summed E-state index contributed by atoms with van der Waals surface area (Å²) in [5.41, 5.74) is 5.02. The predicted molar refractivity (Wildman–Crippen MR) is 136 cm³/mol. The van der Waals surface area contributed by atoms with E-state index in [2.05, 4.69) is 59.7 Å². The van der Waals surface area contributed by atoms with E-state index in [1.807, 2.05) is 22.8 Å². The van der Waals surface area contributed by atoms with Crippen molar-refractivity contribution in [2.45, 2.75) is 25.4 Å². The summed E-state index contributed by atoms with van der Waals surface area (Å²) in [6, 6.07) is 21.4. The molecule has 0 saturated heterocycles. The third-order valence-electron chi connectivity index (χ3n) is 5.19. The molecular weight excluding hydrogens is 475 g/mol. The number of rotatable bonds is 7. The molecule has 8 heteroatoms. The lowest BCUT2D eigenvalue weighted by atomic mass is 10.1. The molecule has 0 fully saturated rings. The van der Waals surface area contributed by atoms with Crippen molar-refractivity contribution in [3.8, 4) is 5.69 Å². The van der Waals surface area contributed by atoms with E-state index in [9.17, 15) is 4.79 Å². The van der Waals surface area contributed by atoms with E-state index in [0.29, 0.717) is 27.3 Å². The minimum atomic E-state index is -0.191. The fourth-order valence-electron chi connectivity index (χ4n) is 3.32. The van der Waals surface area contributed by atoms with Crippen molar-refractivity contribution in [2.75, 3.05) is 11.1 Å². The Hall–Kier alpha value is -2.80. The third-order valence-corrected chi connectivity index (χ3v) is 6.67. The first kappa shape index (κ1) is 23.4. The summed E-state index contributed by atoms with van der Waals surface area (Å²) in [5, 5.41) is 13.2. The minimum Gasteiger partial charge on any atom is -0.324 e. The summed E-state index contributed by atoms with van der Waals surface area (Å²) in [6.45, 7) is 4.16. The van der Waals surface area contributed by atoms with E-state index in [1.165, 1.54) is 22.9 Å². The van der Waals surface area contributed by atoms with Gasteiger partial charge in [-0.1, -0.05) is 71.4 Å². The first-order valence-corrected chi connectivity index (χ1v) is 12.1. The summed E-state index contributed by atoms with van der Waals surface area (Å²) in [5.74, 6) is 0.782. The smallest absolute Gasteiger partial charge is 0.234 e. The minimum absolute atomic E-state index is 0.160. The maximum Gasteiger partial charge on any atom is 0.234 e. The Morgan fingerprint density at radius 1 is 0.970 bits per heavy atom. The monoisotopic (exact) mass is 496 g/mol. The van der Waals surface area contributed by atoms with Crippen molar-refractivity contribution in [1.29, 1.82) is 0 Å². The predicted octanol–water partition coefficient (Wildman–Crippen LogP) is 6.51. The third kappa shape index (κ3) is 5.77. The van der Waals surface area contributed by atoms with Crippen molar-refractivity contribution < 1.29 is 4.79 Å². The summed E-state index contributed by atoms with van der Waals surface area (Å²) in [6.07, 6.45) is 0.633. The molecule has 0 unspecified atom stereocenters. The molecule has 5 nitrogen and oxygen atoms in total. The van der Waals surface area contributed by atoms with Crippen LogP contribution in [0.25, 0.3) is 5.69 Å². The summed E-state index contributed by atoms with van der Waals surface area (Å²) in [4.78, 5) is 12.6. The molecular formula is C25H22Cl2N4OS. The van der Waals surface area contributed by atoms with E-state index >= 15 is 0 Å². The maximum atomic E-state index is 12.6. The van der Waals surface area contributed by atoms with E-state index in [1.54, 1.807) is 18.2 Å². The molecule has 1 aromatic heterocycles. The molecule has 1 amide bonds. The van der Waals surface area contributed by atoms with Crippen LogP contribution < -0.4 is 5.32 Å². The number of halogens is 2. The number of amides is 1. The van der Waals surface area contributed by atoms with Gasteiger partial charge in [0.15, 0.2) is 5.16 Å². The first-order valence-electron chi connectivity index (χ1n) is 10.3. The van der Waals surface area contributed by atoms with Crippen LogP contribution in [0.2, 0.25) is 10.0 Å². The SMILES string of the molecule is Cc1ccc(-n2c(Cc3ccccc3)nnc2SCC(=O)Nc2ccc(Cl)cc2Cl)cc1C. The topological polar surface area (TPSA) is 59.8 Å². The van der Waals surface area contributed by atoms with Gasteiger partial charge < -0.3 is 5.32 Å². The van der Waals surface area contributed by atoms with E-state index in [-0.39, 0.29) is 11.7 Å². The highest BCUT2D eigenvalue weighted by Gasteiger charge is 2.17. The molecule has 1 N–H and O–H groups in total. The van der Waals surface area contributed by atoms with Gasteiger partial charge in [-0.25, -0.2) is 0 Å². The van der Waals surface area contributed by atoms with Crippen molar-refractivity contribution >= 4 is 46.6 Å². The lowest BCUT2D eigenvalue weighted by molar-refractivity contribution is -0.113. The fourth-order valence-corrected chi connectivity index (χ4v) is 4.54. The average Bonchev–Trinajstić information content (AvgIpc) is 3.19. The second-order valence-electron chi connectivity index (χ2n) is 7.63. The Morgan fingerprint density at radius 3 is 2.48 bits per heavy atom. The van der Waals surface area contributed by atoms with Gasteiger partial charge in [-0.2, -0.15) is 0 Å². The molecule has 33 heavy (non-hydrogen) atoms. The van der Waals surface area contributed by atoms with Crippen LogP contribution in [0.5, 0.6) is 0 Å². The number of aromatic nitrogens is 3. The number of aryl methyl sites for hydroxylation is 2. The summed E-state index contributed by atoms with van der Waals surface area (Å²) < 4.78 is 2.02. The maximum absolute atomic E-state index is 12.6. The zero-order valence-corrected chi connectivity index (χ0v) is 20.5. The summed E-state index contributed by atoms with van der Waals surface area (Å²) >= 11 is 13.4. The second kappa shape index (κ2) is 10.4. The van der Waals surface area contributed by atoms with Crippen LogP contribution in [0, 0.1) is 13.8 Å². The standard InChI is InChI=1S/C25H22Cl2N4OS/c1-16-8-10-20(12-17(16)2)31-23(13-18-6-4-3-5-7-18)29-30-25(31)33-15-24(32)28-22-11-9-19(26)14-21(22)27/h3-12,14H,13,15H2,1-2H3,(H,28,32). The largest absolute Gasteiger partial charge is 0.324 e. The Bertz CT molecular complexity index is 1290. The number of carbonyl (C=O) groups excluding carboxylic acids is 1. The Labute approximate surface area is 207 Å². The van der Waals surface area contributed by atoms with Gasteiger partial charge in [-0.05, 0) is 60.9 Å². The Balaban J connectivity index is 1.58. The van der Waals surface area contributed by atoms with Crippen molar-refractivity contribution in [1.82, 2.24) is 14.8 Å². The van der Waals surface area contributed by atoms with Crippen LogP contribution in [0.4, 0.5) is 5.69 Å². The molecule has 0 saturated carbocycles. The molecule has 0 atom stereocenters. The van der Waals surface area contributed by atoms with Gasteiger partial charge in [0.1, 0.15) is 5.82 Å². The Kier molecular flexibility index (Phi) is 7.38. The number of anilines is 1. The molecule has 4 aromatic rings. The molecule has 3 aromatic carbocycles. The van der Waals surface area contributed by atoms with E-state index < -0.39 is 0 Å². The lowest BCUT2D eigenvalue weighted by Gasteiger charge is -2.12. The molecule has 4 rings (SSSR count). The van der Waals surface area contributed by atoms with Gasteiger partial charge in [0, 0.05) is 17.1 Å². The van der Waals surface area contributed by atoms with Gasteiger partial charge in [-0.15, -0.1) is 10.2 Å². The highest BCUT2D eigenvalue weighted by atomic mass is 35.5. The molecule has 0 radical (unpaired) electrons. The molecule has 0 aliphatic heterocycles. The normalized spacial score (nSPS) is 10.9. The Morgan fingerprint density at radius 2 is 1.76 bits per heavy atom. The van der Waals surface area contributed by atoms with Crippen LogP contribution in [0.15, 0.2) is 71.9 Å². The van der Waals surface area contributed by atoms with Crippen LogP contribution in [-0.4, -0.2) is 26.4 Å². The van der Waals surface area contributed by atoms with Crippen LogP contribution >= 0.6 is 35.0 Å². The fraction of sp³-hybridized carbons (Fsp3) is 0.160. The molecule has 0 spiro atoms. The van der Waals surface area contributed by atoms with Crippen LogP contribution in [-0.2, 0) is 11.2 Å². The average molecular weight is 497 g/mol. The van der Waals surface area contributed by atoms with Crippen LogP contribution in [0.1, 0.15) is 22.5 Å². The van der Waals surface area contributed by atoms with E-state index in [0.717, 1.165) is 17.1 Å². The number of nitrogens with zero attached hydrogens (tertiary/aromatic N) is 3. The highest BCUT2D eigenvalue weighted by molar-refractivity contribution is 7.99. The first-order chi connectivity index (χ1) is 15.9. The van der Waals surface area contributed by atoms with Gasteiger partial charge in [-0.3, -0.25) is 9.36 Å². The van der Waals surface area contributed by atoms with Crippen molar-refractivity contribution in [2.24, 2.45) is 0 Å².